The summed E-state index contributed by atoms with van der Waals surface area (Å²) in [7, 11) is 3.57. The first kappa shape index (κ1) is 22.9. The zero-order valence-electron chi connectivity index (χ0n) is 17.2. The molecular formula is C18H27N3O7S. The van der Waals surface area contributed by atoms with E-state index in [1.54, 1.807) is 0 Å². The molecule has 1 heterocycles. The number of rotatable bonds is 7. The summed E-state index contributed by atoms with van der Waals surface area (Å²) in [5.74, 6) is -0.643. The molecule has 2 rings (SSSR count). The van der Waals surface area contributed by atoms with E-state index < -0.39 is 16.2 Å². The topological polar surface area (TPSA) is 114 Å². The standard InChI is InChI=1S/C18H27N3O7S/c1-20(2)29(24,25)21-8-6-12(7-9-21)17(22)19-14-11-16(27-4)15(26-3)10-13(14)18(23)28-5/h10-12H,6-9H2,1-5H3,(H,19,22). The Labute approximate surface area is 170 Å². The third-order valence-electron chi connectivity index (χ3n) is 4.80. The quantitative estimate of drug-likeness (QED) is 0.642. The lowest BCUT2D eigenvalue weighted by Crippen LogP contribution is -2.46. The molecule has 0 saturated carbocycles. The number of hydrogen-bond donors (Lipinski definition) is 1. The van der Waals surface area contributed by atoms with E-state index in [-0.39, 0.29) is 36.2 Å². The fraction of sp³-hybridized carbons (Fsp3) is 0.556. The lowest BCUT2D eigenvalue weighted by atomic mass is 9.97. The number of ether oxygens (including phenoxy) is 3. The van der Waals surface area contributed by atoms with E-state index in [2.05, 4.69) is 5.32 Å². The SMILES string of the molecule is COC(=O)c1cc(OC)c(OC)cc1NC(=O)C1CCN(S(=O)(=O)N(C)C)CC1. The molecule has 1 N–H and O–H groups in total. The molecule has 1 aliphatic rings. The van der Waals surface area contributed by atoms with Crippen molar-refractivity contribution >= 4 is 27.8 Å². The van der Waals surface area contributed by atoms with Gasteiger partial charge in [0, 0.05) is 45.2 Å². The summed E-state index contributed by atoms with van der Waals surface area (Å²) < 4.78 is 42.2. The van der Waals surface area contributed by atoms with E-state index in [0.717, 1.165) is 4.31 Å². The van der Waals surface area contributed by atoms with Gasteiger partial charge in [0.1, 0.15) is 0 Å². The van der Waals surface area contributed by atoms with Gasteiger partial charge in [0.25, 0.3) is 10.2 Å². The van der Waals surface area contributed by atoms with E-state index >= 15 is 0 Å². The number of nitrogens with zero attached hydrogens (tertiary/aromatic N) is 2. The number of amides is 1. The highest BCUT2D eigenvalue weighted by atomic mass is 32.2. The van der Waals surface area contributed by atoms with Crippen LogP contribution in [0.4, 0.5) is 5.69 Å². The summed E-state index contributed by atoms with van der Waals surface area (Å²) in [5.41, 5.74) is 0.369. The van der Waals surface area contributed by atoms with E-state index in [9.17, 15) is 18.0 Å². The Bertz CT molecular complexity index is 862. The molecule has 0 radical (unpaired) electrons. The molecule has 0 spiro atoms. The predicted octanol–water partition coefficient (Wildman–Crippen LogP) is 0.947. The molecule has 1 amide bonds. The first-order valence-corrected chi connectivity index (χ1v) is 10.4. The maximum absolute atomic E-state index is 12.8. The molecule has 1 aromatic rings. The average Bonchev–Trinajstić information content (AvgIpc) is 2.72. The maximum Gasteiger partial charge on any atom is 0.340 e. The van der Waals surface area contributed by atoms with Crippen LogP contribution >= 0.6 is 0 Å². The molecule has 0 aliphatic carbocycles. The van der Waals surface area contributed by atoms with Crippen LogP contribution in [0.25, 0.3) is 0 Å². The lowest BCUT2D eigenvalue weighted by molar-refractivity contribution is -0.120. The molecule has 0 aromatic heterocycles. The Morgan fingerprint density at radius 2 is 1.62 bits per heavy atom. The predicted molar refractivity (Wildman–Crippen MR) is 106 cm³/mol. The molecule has 1 saturated heterocycles. The van der Waals surface area contributed by atoms with Crippen LogP contribution in [-0.2, 0) is 19.7 Å². The highest BCUT2D eigenvalue weighted by molar-refractivity contribution is 7.86. The third kappa shape index (κ3) is 4.98. The Kier molecular flexibility index (Phi) is 7.44. The van der Waals surface area contributed by atoms with E-state index in [1.165, 1.54) is 51.9 Å². The van der Waals surface area contributed by atoms with Crippen molar-refractivity contribution in [1.29, 1.82) is 0 Å². The second-order valence-corrected chi connectivity index (χ2v) is 8.84. The Hall–Kier alpha value is -2.37. The fourth-order valence-electron chi connectivity index (χ4n) is 3.08. The number of anilines is 1. The number of carbonyl (C=O) groups is 2. The van der Waals surface area contributed by atoms with Crippen molar-refractivity contribution in [3.05, 3.63) is 17.7 Å². The van der Waals surface area contributed by atoms with Gasteiger partial charge in [0.2, 0.25) is 5.91 Å². The molecule has 1 aromatic carbocycles. The summed E-state index contributed by atoms with van der Waals surface area (Å²) in [4.78, 5) is 24.9. The second kappa shape index (κ2) is 9.42. The summed E-state index contributed by atoms with van der Waals surface area (Å²) in [5, 5.41) is 2.74. The zero-order valence-corrected chi connectivity index (χ0v) is 18.0. The van der Waals surface area contributed by atoms with Crippen molar-refractivity contribution in [2.75, 3.05) is 53.8 Å². The van der Waals surface area contributed by atoms with Crippen LogP contribution < -0.4 is 14.8 Å². The lowest BCUT2D eigenvalue weighted by Gasteiger charge is -2.32. The van der Waals surface area contributed by atoms with Gasteiger partial charge in [-0.3, -0.25) is 4.79 Å². The molecule has 10 nitrogen and oxygen atoms in total. The second-order valence-electron chi connectivity index (χ2n) is 6.70. The number of nitrogens with one attached hydrogen (secondary N) is 1. The molecule has 0 unspecified atom stereocenters. The van der Waals surface area contributed by atoms with E-state index in [4.69, 9.17) is 14.2 Å². The highest BCUT2D eigenvalue weighted by Crippen LogP contribution is 2.34. The van der Waals surface area contributed by atoms with Crippen LogP contribution in [0.1, 0.15) is 23.2 Å². The molecule has 0 atom stereocenters. The molecule has 29 heavy (non-hydrogen) atoms. The summed E-state index contributed by atoms with van der Waals surface area (Å²) in [6.45, 7) is 0.489. The minimum absolute atomic E-state index is 0.131. The number of benzene rings is 1. The van der Waals surface area contributed by atoms with Gasteiger partial charge in [-0.05, 0) is 12.8 Å². The largest absolute Gasteiger partial charge is 0.493 e. The van der Waals surface area contributed by atoms with Crippen LogP contribution in [0.15, 0.2) is 12.1 Å². The zero-order chi connectivity index (χ0) is 21.8. The van der Waals surface area contributed by atoms with Crippen molar-refractivity contribution in [2.24, 2.45) is 5.92 Å². The molecule has 1 aliphatic heterocycles. The Morgan fingerprint density at radius 1 is 1.07 bits per heavy atom. The van der Waals surface area contributed by atoms with Crippen molar-refractivity contribution in [2.45, 2.75) is 12.8 Å². The van der Waals surface area contributed by atoms with Gasteiger partial charge in [-0.2, -0.15) is 17.0 Å². The smallest absolute Gasteiger partial charge is 0.340 e. The van der Waals surface area contributed by atoms with Crippen molar-refractivity contribution < 1.29 is 32.2 Å². The van der Waals surface area contributed by atoms with E-state index in [0.29, 0.717) is 24.3 Å². The number of piperidine rings is 1. The summed E-state index contributed by atoms with van der Waals surface area (Å²) >= 11 is 0. The molecule has 162 valence electrons. The minimum Gasteiger partial charge on any atom is -0.493 e. The first-order valence-electron chi connectivity index (χ1n) is 8.98. The van der Waals surface area contributed by atoms with Crippen molar-refractivity contribution in [3.8, 4) is 11.5 Å². The van der Waals surface area contributed by atoms with Gasteiger partial charge >= 0.3 is 5.97 Å². The number of methoxy groups -OCH3 is 3. The van der Waals surface area contributed by atoms with Crippen LogP contribution in [0.2, 0.25) is 0 Å². The van der Waals surface area contributed by atoms with Gasteiger partial charge in [0.05, 0.1) is 32.6 Å². The van der Waals surface area contributed by atoms with E-state index in [1.807, 2.05) is 0 Å². The van der Waals surface area contributed by atoms with Gasteiger partial charge < -0.3 is 19.5 Å². The molecule has 11 heteroatoms. The minimum atomic E-state index is -3.50. The van der Waals surface area contributed by atoms with Crippen LogP contribution in [0, 0.1) is 5.92 Å². The normalized spacial score (nSPS) is 15.8. The van der Waals surface area contributed by atoms with Gasteiger partial charge in [-0.1, -0.05) is 0 Å². The number of hydrogen-bond acceptors (Lipinski definition) is 7. The average molecular weight is 429 g/mol. The fourth-order valence-corrected chi connectivity index (χ4v) is 4.21. The Balaban J connectivity index is 2.18. The summed E-state index contributed by atoms with van der Waals surface area (Å²) in [6.07, 6.45) is 0.750. The third-order valence-corrected chi connectivity index (χ3v) is 6.74. The Morgan fingerprint density at radius 3 is 2.10 bits per heavy atom. The van der Waals surface area contributed by atoms with Crippen molar-refractivity contribution in [3.63, 3.8) is 0 Å². The van der Waals surface area contributed by atoms with Gasteiger partial charge in [-0.15, -0.1) is 0 Å². The first-order chi connectivity index (χ1) is 13.6. The van der Waals surface area contributed by atoms with Crippen molar-refractivity contribution in [1.82, 2.24) is 8.61 Å². The monoisotopic (exact) mass is 429 g/mol. The van der Waals surface area contributed by atoms with Crippen LogP contribution in [0.5, 0.6) is 11.5 Å². The molecule has 1 fully saturated rings. The van der Waals surface area contributed by atoms with Gasteiger partial charge in [-0.25, -0.2) is 4.79 Å². The number of esters is 1. The summed E-state index contributed by atoms with van der Waals surface area (Å²) in [6, 6.07) is 2.93. The number of carbonyl (C=O) groups excluding carboxylic acids is 2. The maximum atomic E-state index is 12.8. The van der Waals surface area contributed by atoms with Gasteiger partial charge in [0.15, 0.2) is 11.5 Å². The van der Waals surface area contributed by atoms with Crippen LogP contribution in [-0.4, -0.2) is 77.4 Å². The molecule has 0 bridgehead atoms. The molecular weight excluding hydrogens is 402 g/mol. The highest BCUT2D eigenvalue weighted by Gasteiger charge is 2.32. The van der Waals surface area contributed by atoms with Crippen LogP contribution in [0.3, 0.4) is 0 Å².